The van der Waals surface area contributed by atoms with Crippen LogP contribution in [0.15, 0.2) is 39.7 Å². The number of imide groups is 1. The van der Waals surface area contributed by atoms with Crippen molar-refractivity contribution >= 4 is 23.3 Å². The van der Waals surface area contributed by atoms with E-state index in [2.05, 4.69) is 15.6 Å². The number of aryl methyl sites for hydroxylation is 1. The maximum absolute atomic E-state index is 15.2. The molecule has 2 aliphatic rings. The molecule has 10 nitrogen and oxygen atoms in total. The van der Waals surface area contributed by atoms with Crippen LogP contribution in [0.4, 0.5) is 15.9 Å². The first-order valence-corrected chi connectivity index (χ1v) is 12.2. The predicted octanol–water partition coefficient (Wildman–Crippen LogP) is 3.02. The minimum absolute atomic E-state index is 0.0185. The summed E-state index contributed by atoms with van der Waals surface area (Å²) >= 11 is 0. The van der Waals surface area contributed by atoms with Crippen LogP contribution >= 0.6 is 0 Å². The summed E-state index contributed by atoms with van der Waals surface area (Å²) < 4.78 is 26.9. The van der Waals surface area contributed by atoms with E-state index < -0.39 is 29.4 Å². The van der Waals surface area contributed by atoms with E-state index in [1.54, 1.807) is 6.07 Å². The van der Waals surface area contributed by atoms with E-state index in [-0.39, 0.29) is 24.2 Å². The van der Waals surface area contributed by atoms with Gasteiger partial charge in [0.1, 0.15) is 17.7 Å². The molecule has 4 heterocycles. The monoisotopic (exact) mass is 509 g/mol. The zero-order chi connectivity index (χ0) is 26.1. The molecular formula is C26H28FN5O5. The molecule has 2 aliphatic heterocycles. The molecule has 5 rings (SSSR count). The van der Waals surface area contributed by atoms with Crippen LogP contribution in [0.3, 0.4) is 0 Å². The standard InChI is InChI=1S/C26H28FN5O5/c1-14-10-19(30-24(28)23(14)29-12-15-6-8-36-9-7-15)16-2-3-17(18(27)11-16)21-13-32(26(35)37-21)20-4-5-22(33)31-25(20)34/h2-3,10-11,13,15,20,29H,4-9,12H2,1H3,(H2,28,30)(H,31,33,34)/t20-/m1/s1. The number of aromatic nitrogens is 2. The van der Waals surface area contributed by atoms with E-state index in [9.17, 15) is 14.4 Å². The highest BCUT2D eigenvalue weighted by Gasteiger charge is 2.30. The first-order chi connectivity index (χ1) is 17.8. The molecule has 2 fully saturated rings. The summed E-state index contributed by atoms with van der Waals surface area (Å²) in [5, 5.41) is 5.60. The molecule has 0 spiro atoms. The molecule has 2 saturated heterocycles. The largest absolute Gasteiger partial charge is 0.420 e. The number of carbonyl (C=O) groups is 2. The molecule has 0 saturated carbocycles. The van der Waals surface area contributed by atoms with Gasteiger partial charge >= 0.3 is 5.76 Å². The summed E-state index contributed by atoms with van der Waals surface area (Å²) in [4.78, 5) is 40.4. The van der Waals surface area contributed by atoms with Gasteiger partial charge in [0.15, 0.2) is 5.76 Å². The van der Waals surface area contributed by atoms with Gasteiger partial charge < -0.3 is 20.2 Å². The second kappa shape index (κ2) is 10.2. The Kier molecular flexibility index (Phi) is 6.79. The van der Waals surface area contributed by atoms with Crippen molar-refractivity contribution < 1.29 is 23.1 Å². The highest BCUT2D eigenvalue weighted by molar-refractivity contribution is 5.99. The Labute approximate surface area is 212 Å². The zero-order valence-corrected chi connectivity index (χ0v) is 20.4. The number of piperidine rings is 1. The maximum atomic E-state index is 15.2. The van der Waals surface area contributed by atoms with Crippen molar-refractivity contribution in [2.75, 3.05) is 30.8 Å². The average molecular weight is 510 g/mol. The van der Waals surface area contributed by atoms with E-state index in [0.29, 0.717) is 23.0 Å². The fourth-order valence-electron chi connectivity index (χ4n) is 4.79. The summed E-state index contributed by atoms with van der Waals surface area (Å²) in [5.41, 5.74) is 9.00. The van der Waals surface area contributed by atoms with Crippen molar-refractivity contribution in [2.45, 2.75) is 38.6 Å². The molecule has 0 radical (unpaired) electrons. The number of benzene rings is 1. The number of nitrogens with two attached hydrogens (primary N) is 1. The van der Waals surface area contributed by atoms with Crippen LogP contribution in [-0.4, -0.2) is 41.1 Å². The number of anilines is 2. The van der Waals surface area contributed by atoms with Gasteiger partial charge in [-0.05, 0) is 55.9 Å². The van der Waals surface area contributed by atoms with Crippen molar-refractivity contribution in [3.63, 3.8) is 0 Å². The van der Waals surface area contributed by atoms with Gasteiger partial charge in [0, 0.05) is 31.7 Å². The molecule has 1 aromatic carbocycles. The molecule has 194 valence electrons. The molecule has 4 N–H and O–H groups in total. The summed E-state index contributed by atoms with van der Waals surface area (Å²) in [6.45, 7) is 4.24. The van der Waals surface area contributed by atoms with Crippen LogP contribution in [0.1, 0.15) is 37.3 Å². The summed E-state index contributed by atoms with van der Waals surface area (Å²) in [6, 6.07) is 5.41. The number of halogens is 1. The first kappa shape index (κ1) is 24.7. The Hall–Kier alpha value is -3.99. The van der Waals surface area contributed by atoms with Crippen LogP contribution in [0, 0.1) is 18.7 Å². The number of rotatable bonds is 6. The van der Waals surface area contributed by atoms with E-state index in [1.165, 1.54) is 18.3 Å². The SMILES string of the molecule is Cc1cc(-c2ccc(-c3cn([C@@H]4CCC(=O)NC4=O)c(=O)o3)c(F)c2)nc(N)c1NCC1CCOCC1. The molecule has 1 atom stereocenters. The third-order valence-electron chi connectivity index (χ3n) is 6.89. The lowest BCUT2D eigenvalue weighted by Gasteiger charge is -2.23. The number of nitrogens with zero attached hydrogens (tertiary/aromatic N) is 2. The second-order valence-corrected chi connectivity index (χ2v) is 9.45. The molecule has 11 heteroatoms. The number of carbonyl (C=O) groups excluding carboxylic acids is 2. The molecule has 3 aromatic rings. The van der Waals surface area contributed by atoms with Gasteiger partial charge in [-0.1, -0.05) is 6.07 Å². The number of oxazole rings is 1. The Morgan fingerprint density at radius 1 is 1.19 bits per heavy atom. The van der Waals surface area contributed by atoms with E-state index in [4.69, 9.17) is 14.9 Å². The molecule has 2 amide bonds. The van der Waals surface area contributed by atoms with Crippen LogP contribution in [0.25, 0.3) is 22.6 Å². The fourth-order valence-corrected chi connectivity index (χ4v) is 4.79. The third-order valence-corrected chi connectivity index (χ3v) is 6.89. The number of nitrogens with one attached hydrogen (secondary N) is 2. The van der Waals surface area contributed by atoms with Gasteiger partial charge in [0.2, 0.25) is 11.8 Å². The third kappa shape index (κ3) is 5.12. The van der Waals surface area contributed by atoms with Crippen molar-refractivity contribution in [1.29, 1.82) is 0 Å². The highest BCUT2D eigenvalue weighted by Crippen LogP contribution is 2.32. The smallest absolute Gasteiger partial charge is 0.408 e. The molecule has 37 heavy (non-hydrogen) atoms. The van der Waals surface area contributed by atoms with Crippen LogP contribution < -0.4 is 22.1 Å². The van der Waals surface area contributed by atoms with Gasteiger partial charge in [-0.15, -0.1) is 0 Å². The number of hydrogen-bond donors (Lipinski definition) is 3. The van der Waals surface area contributed by atoms with Gasteiger partial charge in [-0.2, -0.15) is 0 Å². The van der Waals surface area contributed by atoms with Gasteiger partial charge in [0.05, 0.1) is 23.1 Å². The topological polar surface area (TPSA) is 141 Å². The lowest BCUT2D eigenvalue weighted by Crippen LogP contribution is -2.43. The fraction of sp³-hybridized carbons (Fsp3) is 0.385. The summed E-state index contributed by atoms with van der Waals surface area (Å²) in [6.07, 6.45) is 3.56. The normalized spacial score (nSPS) is 18.6. The van der Waals surface area contributed by atoms with Gasteiger partial charge in [0.25, 0.3) is 0 Å². The summed E-state index contributed by atoms with van der Waals surface area (Å²) in [5.74, 6) is -1.59. The number of ether oxygens (including phenoxy) is 1. The second-order valence-electron chi connectivity index (χ2n) is 9.45. The quantitative estimate of drug-likeness (QED) is 0.431. The zero-order valence-electron chi connectivity index (χ0n) is 20.4. The van der Waals surface area contributed by atoms with E-state index in [0.717, 1.165) is 48.4 Å². The number of nitrogen functional groups attached to an aromatic ring is 1. The Morgan fingerprint density at radius 2 is 1.97 bits per heavy atom. The van der Waals surface area contributed by atoms with E-state index >= 15 is 4.39 Å². The minimum Gasteiger partial charge on any atom is -0.408 e. The van der Waals surface area contributed by atoms with E-state index in [1.807, 2.05) is 13.0 Å². The van der Waals surface area contributed by atoms with Gasteiger partial charge in [-0.3, -0.25) is 19.5 Å². The molecule has 0 unspecified atom stereocenters. The Bertz CT molecular complexity index is 1390. The highest BCUT2D eigenvalue weighted by atomic mass is 19.1. The van der Waals surface area contributed by atoms with Crippen LogP contribution in [0.2, 0.25) is 0 Å². The predicted molar refractivity (Wildman–Crippen MR) is 134 cm³/mol. The first-order valence-electron chi connectivity index (χ1n) is 12.2. The number of pyridine rings is 1. The van der Waals surface area contributed by atoms with Crippen molar-refractivity contribution in [1.82, 2.24) is 14.9 Å². The molecule has 2 aromatic heterocycles. The summed E-state index contributed by atoms with van der Waals surface area (Å²) in [7, 11) is 0. The van der Waals surface area contributed by atoms with Crippen LogP contribution in [0.5, 0.6) is 0 Å². The van der Waals surface area contributed by atoms with Crippen molar-refractivity contribution in [3.8, 4) is 22.6 Å². The minimum atomic E-state index is -0.890. The van der Waals surface area contributed by atoms with Crippen molar-refractivity contribution in [3.05, 3.63) is 52.4 Å². The lowest BCUT2D eigenvalue weighted by atomic mass is 10.00. The number of amides is 2. The van der Waals surface area contributed by atoms with Gasteiger partial charge in [-0.25, -0.2) is 14.2 Å². The average Bonchev–Trinajstić information content (AvgIpc) is 3.24. The molecule has 0 bridgehead atoms. The number of hydrogen-bond acceptors (Lipinski definition) is 8. The lowest BCUT2D eigenvalue weighted by molar-refractivity contribution is -0.135. The maximum Gasteiger partial charge on any atom is 0.420 e. The Balaban J connectivity index is 1.36. The van der Waals surface area contributed by atoms with Crippen LogP contribution in [-0.2, 0) is 14.3 Å². The molecular weight excluding hydrogens is 481 g/mol. The molecule has 0 aliphatic carbocycles. The Morgan fingerprint density at radius 3 is 2.68 bits per heavy atom. The van der Waals surface area contributed by atoms with Crippen molar-refractivity contribution in [2.24, 2.45) is 5.92 Å².